The molecule has 1 aliphatic heterocycles. The molecule has 20 heavy (non-hydrogen) atoms. The van der Waals surface area contributed by atoms with Gasteiger partial charge in [-0.15, -0.1) is 5.10 Å². The van der Waals surface area contributed by atoms with Gasteiger partial charge in [-0.2, -0.15) is 0 Å². The van der Waals surface area contributed by atoms with Crippen LogP contribution in [-0.2, 0) is 16.1 Å². The van der Waals surface area contributed by atoms with E-state index < -0.39 is 11.9 Å². The summed E-state index contributed by atoms with van der Waals surface area (Å²) in [6.07, 6.45) is 0. The van der Waals surface area contributed by atoms with Crippen molar-refractivity contribution in [1.29, 1.82) is 0 Å². The molecule has 1 amide bonds. The van der Waals surface area contributed by atoms with E-state index in [-0.39, 0.29) is 12.1 Å². The first-order chi connectivity index (χ1) is 9.37. The SMILES string of the molecule is CC(C)(C)NCc1nnc(N2CCOCC2C(N)=O)o1. The first-order valence-corrected chi connectivity index (χ1v) is 6.58. The van der Waals surface area contributed by atoms with E-state index in [0.717, 1.165) is 0 Å². The summed E-state index contributed by atoms with van der Waals surface area (Å²) < 4.78 is 10.8. The van der Waals surface area contributed by atoms with Crippen molar-refractivity contribution in [3.05, 3.63) is 5.89 Å². The number of anilines is 1. The standard InChI is InChI=1S/C12H21N5O3/c1-12(2,3)14-6-9-15-16-11(20-9)17-4-5-19-7-8(17)10(13)18/h8,14H,4-7H2,1-3H3,(H2,13,18). The molecule has 0 radical (unpaired) electrons. The number of amides is 1. The lowest BCUT2D eigenvalue weighted by Crippen LogP contribution is -2.52. The second-order valence-corrected chi connectivity index (χ2v) is 5.77. The maximum absolute atomic E-state index is 11.4. The van der Waals surface area contributed by atoms with Crippen LogP contribution in [0.25, 0.3) is 0 Å². The fourth-order valence-corrected chi connectivity index (χ4v) is 1.84. The molecule has 0 saturated carbocycles. The molecule has 0 aliphatic carbocycles. The summed E-state index contributed by atoms with van der Waals surface area (Å²) in [6.45, 7) is 7.87. The summed E-state index contributed by atoms with van der Waals surface area (Å²) in [4.78, 5) is 13.1. The van der Waals surface area contributed by atoms with Crippen molar-refractivity contribution in [3.63, 3.8) is 0 Å². The van der Waals surface area contributed by atoms with Gasteiger partial charge in [0.1, 0.15) is 6.04 Å². The molecule has 0 bridgehead atoms. The van der Waals surface area contributed by atoms with E-state index in [1.165, 1.54) is 0 Å². The van der Waals surface area contributed by atoms with E-state index in [9.17, 15) is 4.79 Å². The Bertz CT molecular complexity index is 468. The van der Waals surface area contributed by atoms with Crippen molar-refractivity contribution in [2.75, 3.05) is 24.7 Å². The zero-order valence-electron chi connectivity index (χ0n) is 12.0. The molecule has 3 N–H and O–H groups in total. The first-order valence-electron chi connectivity index (χ1n) is 6.58. The summed E-state index contributed by atoms with van der Waals surface area (Å²) in [6, 6.07) is -0.254. The van der Waals surface area contributed by atoms with Crippen molar-refractivity contribution < 1.29 is 13.9 Å². The highest BCUT2D eigenvalue weighted by molar-refractivity contribution is 5.83. The average Bonchev–Trinajstić information content (AvgIpc) is 2.84. The van der Waals surface area contributed by atoms with Crippen molar-refractivity contribution in [1.82, 2.24) is 15.5 Å². The van der Waals surface area contributed by atoms with E-state index in [2.05, 4.69) is 36.3 Å². The lowest BCUT2D eigenvalue weighted by molar-refractivity contribution is -0.121. The van der Waals surface area contributed by atoms with E-state index >= 15 is 0 Å². The number of carbonyl (C=O) groups is 1. The van der Waals surface area contributed by atoms with Crippen LogP contribution < -0.4 is 16.0 Å². The third kappa shape index (κ3) is 3.67. The van der Waals surface area contributed by atoms with Crippen LogP contribution in [0, 0.1) is 0 Å². The van der Waals surface area contributed by atoms with Crippen molar-refractivity contribution in [3.8, 4) is 0 Å². The average molecular weight is 283 g/mol. The van der Waals surface area contributed by atoms with Crippen LogP contribution in [0.3, 0.4) is 0 Å². The molecule has 2 rings (SSSR count). The monoisotopic (exact) mass is 283 g/mol. The Balaban J connectivity index is 2.05. The fourth-order valence-electron chi connectivity index (χ4n) is 1.84. The smallest absolute Gasteiger partial charge is 0.319 e. The summed E-state index contributed by atoms with van der Waals surface area (Å²) in [5.41, 5.74) is 5.32. The lowest BCUT2D eigenvalue weighted by Gasteiger charge is -2.31. The van der Waals surface area contributed by atoms with Gasteiger partial charge < -0.3 is 25.1 Å². The van der Waals surface area contributed by atoms with Crippen LogP contribution in [0.4, 0.5) is 6.01 Å². The van der Waals surface area contributed by atoms with E-state index in [4.69, 9.17) is 14.9 Å². The van der Waals surface area contributed by atoms with E-state index in [1.54, 1.807) is 4.90 Å². The van der Waals surface area contributed by atoms with Gasteiger partial charge in [-0.1, -0.05) is 5.10 Å². The van der Waals surface area contributed by atoms with Crippen LogP contribution >= 0.6 is 0 Å². The van der Waals surface area contributed by atoms with Crippen LogP contribution in [0.2, 0.25) is 0 Å². The van der Waals surface area contributed by atoms with Gasteiger partial charge >= 0.3 is 6.01 Å². The van der Waals surface area contributed by atoms with Crippen LogP contribution in [0.5, 0.6) is 0 Å². The molecule has 112 valence electrons. The Morgan fingerprint density at radius 3 is 2.90 bits per heavy atom. The molecule has 1 aromatic heterocycles. The summed E-state index contributed by atoms with van der Waals surface area (Å²) in [5.74, 6) is 0.0157. The maximum Gasteiger partial charge on any atom is 0.319 e. The number of nitrogens with zero attached hydrogens (tertiary/aromatic N) is 3. The Hall–Kier alpha value is -1.67. The van der Waals surface area contributed by atoms with Gasteiger partial charge in [-0.25, -0.2) is 0 Å². The Morgan fingerprint density at radius 1 is 1.50 bits per heavy atom. The third-order valence-electron chi connectivity index (χ3n) is 2.93. The minimum Gasteiger partial charge on any atom is -0.407 e. The van der Waals surface area contributed by atoms with Crippen molar-refractivity contribution >= 4 is 11.9 Å². The van der Waals surface area contributed by atoms with Gasteiger partial charge in [0, 0.05) is 12.1 Å². The molecule has 8 nitrogen and oxygen atoms in total. The number of hydrogen-bond donors (Lipinski definition) is 2. The number of nitrogens with one attached hydrogen (secondary N) is 1. The molecule has 1 atom stereocenters. The Labute approximate surface area is 117 Å². The number of primary amides is 1. The molecule has 1 fully saturated rings. The summed E-state index contributed by atoms with van der Waals surface area (Å²) >= 11 is 0. The minimum absolute atomic E-state index is 0.0383. The van der Waals surface area contributed by atoms with Crippen molar-refractivity contribution in [2.24, 2.45) is 5.73 Å². The lowest BCUT2D eigenvalue weighted by atomic mass is 10.1. The number of nitrogens with two attached hydrogens (primary N) is 1. The Kier molecular flexibility index (Phi) is 4.24. The summed E-state index contributed by atoms with van der Waals surface area (Å²) in [5, 5.41) is 11.2. The van der Waals surface area contributed by atoms with Gasteiger partial charge in [-0.3, -0.25) is 4.79 Å². The Morgan fingerprint density at radius 2 is 2.25 bits per heavy atom. The molecular formula is C12H21N5O3. The van der Waals surface area contributed by atoms with Gasteiger partial charge in [0.2, 0.25) is 11.8 Å². The highest BCUT2D eigenvalue weighted by Crippen LogP contribution is 2.18. The second-order valence-electron chi connectivity index (χ2n) is 5.77. The summed E-state index contributed by atoms with van der Waals surface area (Å²) in [7, 11) is 0. The predicted molar refractivity (Wildman–Crippen MR) is 72.0 cm³/mol. The first kappa shape index (κ1) is 14.7. The van der Waals surface area contributed by atoms with E-state index in [0.29, 0.717) is 31.6 Å². The fraction of sp³-hybridized carbons (Fsp3) is 0.750. The molecule has 1 unspecified atom stereocenters. The third-order valence-corrected chi connectivity index (χ3v) is 2.93. The molecule has 0 spiro atoms. The van der Waals surface area contributed by atoms with Gasteiger partial charge in [0.25, 0.3) is 0 Å². The number of aromatic nitrogens is 2. The van der Waals surface area contributed by atoms with Crippen LogP contribution in [-0.4, -0.2) is 47.4 Å². The van der Waals surface area contributed by atoms with Gasteiger partial charge in [-0.05, 0) is 20.8 Å². The van der Waals surface area contributed by atoms with Crippen molar-refractivity contribution in [2.45, 2.75) is 38.9 Å². The molecule has 0 aromatic carbocycles. The molecular weight excluding hydrogens is 262 g/mol. The van der Waals surface area contributed by atoms with E-state index in [1.807, 2.05) is 0 Å². The largest absolute Gasteiger partial charge is 0.407 e. The zero-order chi connectivity index (χ0) is 14.8. The maximum atomic E-state index is 11.4. The highest BCUT2D eigenvalue weighted by atomic mass is 16.5. The molecule has 1 aliphatic rings. The van der Waals surface area contributed by atoms with Gasteiger partial charge in [0.05, 0.1) is 19.8 Å². The number of rotatable bonds is 4. The van der Waals surface area contributed by atoms with Crippen LogP contribution in [0.15, 0.2) is 4.42 Å². The number of ether oxygens (including phenoxy) is 1. The zero-order valence-corrected chi connectivity index (χ0v) is 12.0. The molecule has 8 heteroatoms. The number of carbonyl (C=O) groups excluding carboxylic acids is 1. The predicted octanol–water partition coefficient (Wildman–Crippen LogP) is -0.352. The van der Waals surface area contributed by atoms with Gasteiger partial charge in [0.15, 0.2) is 0 Å². The normalized spacial score (nSPS) is 20.1. The minimum atomic E-state index is -0.562. The second kappa shape index (κ2) is 5.76. The molecule has 1 aromatic rings. The number of morpholine rings is 1. The quantitative estimate of drug-likeness (QED) is 0.777. The number of hydrogen-bond acceptors (Lipinski definition) is 7. The molecule has 1 saturated heterocycles. The van der Waals surface area contributed by atoms with Crippen LogP contribution in [0.1, 0.15) is 26.7 Å². The molecule has 2 heterocycles. The highest BCUT2D eigenvalue weighted by Gasteiger charge is 2.31. The topological polar surface area (TPSA) is 107 Å².